The van der Waals surface area contributed by atoms with Crippen molar-refractivity contribution in [2.75, 3.05) is 25.6 Å². The van der Waals surface area contributed by atoms with Gasteiger partial charge in [-0.2, -0.15) is 4.98 Å². The standard InChI is InChI=1S/C14H19N5O4/c1-5-22-13-10(7-15-14(17-13)23-6-2)16-11(20)9-8-19(3)18-12(9)21-4/h7-8H,5-6H2,1-4H3,(H,16,20). The van der Waals surface area contributed by atoms with Gasteiger partial charge in [0.25, 0.3) is 5.91 Å². The van der Waals surface area contributed by atoms with Gasteiger partial charge in [-0.05, 0) is 13.8 Å². The first kappa shape index (κ1) is 16.5. The molecule has 0 spiro atoms. The van der Waals surface area contributed by atoms with E-state index in [1.165, 1.54) is 18.0 Å². The molecule has 9 heteroatoms. The molecule has 0 unspecified atom stereocenters. The lowest BCUT2D eigenvalue weighted by molar-refractivity contribution is 0.102. The Morgan fingerprint density at radius 3 is 2.65 bits per heavy atom. The maximum atomic E-state index is 12.4. The lowest BCUT2D eigenvalue weighted by atomic mass is 10.3. The second-order valence-electron chi connectivity index (χ2n) is 4.42. The normalized spacial score (nSPS) is 10.3. The number of aryl methyl sites for hydroxylation is 1. The van der Waals surface area contributed by atoms with Gasteiger partial charge < -0.3 is 19.5 Å². The minimum atomic E-state index is -0.399. The molecule has 2 aromatic heterocycles. The number of aromatic nitrogens is 4. The molecular weight excluding hydrogens is 302 g/mol. The minimum absolute atomic E-state index is 0.188. The molecule has 0 aliphatic rings. The second kappa shape index (κ2) is 7.43. The molecule has 23 heavy (non-hydrogen) atoms. The topological polar surface area (TPSA) is 100 Å². The molecule has 2 heterocycles. The molecule has 0 fully saturated rings. The third kappa shape index (κ3) is 3.87. The predicted octanol–water partition coefficient (Wildman–Crippen LogP) is 1.27. The Bertz CT molecular complexity index is 686. The molecule has 2 aromatic rings. The molecule has 1 N–H and O–H groups in total. The Balaban J connectivity index is 2.25. The van der Waals surface area contributed by atoms with Crippen LogP contribution in [0.25, 0.3) is 0 Å². The summed E-state index contributed by atoms with van der Waals surface area (Å²) in [5, 5.41) is 6.73. The Morgan fingerprint density at radius 2 is 2.00 bits per heavy atom. The molecule has 0 aliphatic carbocycles. The van der Waals surface area contributed by atoms with E-state index in [9.17, 15) is 4.79 Å². The smallest absolute Gasteiger partial charge is 0.319 e. The first-order chi connectivity index (χ1) is 11.1. The number of hydrogen-bond donors (Lipinski definition) is 1. The van der Waals surface area contributed by atoms with Gasteiger partial charge in [0.15, 0.2) is 0 Å². The van der Waals surface area contributed by atoms with Crippen LogP contribution in [0.15, 0.2) is 12.4 Å². The summed E-state index contributed by atoms with van der Waals surface area (Å²) in [5.74, 6) is 0.0700. The van der Waals surface area contributed by atoms with Crippen molar-refractivity contribution in [3.63, 3.8) is 0 Å². The van der Waals surface area contributed by atoms with Crippen molar-refractivity contribution >= 4 is 11.6 Å². The fourth-order valence-electron chi connectivity index (χ4n) is 1.85. The van der Waals surface area contributed by atoms with Crippen LogP contribution < -0.4 is 19.5 Å². The second-order valence-corrected chi connectivity index (χ2v) is 4.42. The zero-order chi connectivity index (χ0) is 16.8. The SMILES string of the molecule is CCOc1ncc(NC(=O)c2cn(C)nc2OC)c(OCC)n1. The number of rotatable bonds is 7. The predicted molar refractivity (Wildman–Crippen MR) is 82.1 cm³/mol. The highest BCUT2D eigenvalue weighted by molar-refractivity contribution is 6.06. The third-order valence-electron chi connectivity index (χ3n) is 2.77. The summed E-state index contributed by atoms with van der Waals surface area (Å²) in [6.45, 7) is 4.47. The van der Waals surface area contributed by atoms with Crippen LogP contribution in [0.3, 0.4) is 0 Å². The summed E-state index contributed by atoms with van der Waals surface area (Å²) in [6.07, 6.45) is 2.99. The van der Waals surface area contributed by atoms with E-state index in [4.69, 9.17) is 14.2 Å². The Hall–Kier alpha value is -2.84. The largest absolute Gasteiger partial charge is 0.479 e. The number of carbonyl (C=O) groups is 1. The number of carbonyl (C=O) groups excluding carboxylic acids is 1. The maximum Gasteiger partial charge on any atom is 0.319 e. The zero-order valence-corrected chi connectivity index (χ0v) is 13.5. The lowest BCUT2D eigenvalue weighted by Gasteiger charge is -2.11. The number of nitrogens with one attached hydrogen (secondary N) is 1. The molecule has 9 nitrogen and oxygen atoms in total. The van der Waals surface area contributed by atoms with Crippen LogP contribution in [0.1, 0.15) is 24.2 Å². The highest BCUT2D eigenvalue weighted by Gasteiger charge is 2.19. The number of methoxy groups -OCH3 is 1. The van der Waals surface area contributed by atoms with E-state index in [0.29, 0.717) is 24.5 Å². The summed E-state index contributed by atoms with van der Waals surface area (Å²) in [6, 6.07) is 0.188. The van der Waals surface area contributed by atoms with Crippen LogP contribution in [0, 0.1) is 0 Å². The summed E-state index contributed by atoms with van der Waals surface area (Å²) in [5.41, 5.74) is 0.637. The van der Waals surface area contributed by atoms with Gasteiger partial charge in [0.2, 0.25) is 11.8 Å². The van der Waals surface area contributed by atoms with Crippen molar-refractivity contribution in [1.29, 1.82) is 0 Å². The van der Waals surface area contributed by atoms with E-state index in [1.54, 1.807) is 13.2 Å². The van der Waals surface area contributed by atoms with Crippen molar-refractivity contribution in [2.45, 2.75) is 13.8 Å². The zero-order valence-electron chi connectivity index (χ0n) is 13.5. The Kier molecular flexibility index (Phi) is 5.34. The average molecular weight is 321 g/mol. The quantitative estimate of drug-likeness (QED) is 0.819. The van der Waals surface area contributed by atoms with Crippen molar-refractivity contribution in [2.24, 2.45) is 7.05 Å². The Morgan fingerprint density at radius 1 is 1.26 bits per heavy atom. The van der Waals surface area contributed by atoms with Gasteiger partial charge in [0.1, 0.15) is 11.3 Å². The average Bonchev–Trinajstić information content (AvgIpc) is 2.91. The number of ether oxygens (including phenoxy) is 3. The molecule has 0 saturated heterocycles. The molecule has 0 saturated carbocycles. The van der Waals surface area contributed by atoms with Crippen LogP contribution in [-0.4, -0.2) is 46.0 Å². The minimum Gasteiger partial charge on any atom is -0.479 e. The Labute approximate surface area is 133 Å². The van der Waals surface area contributed by atoms with Crippen molar-refractivity contribution in [1.82, 2.24) is 19.7 Å². The molecule has 2 rings (SSSR count). The maximum absolute atomic E-state index is 12.4. The van der Waals surface area contributed by atoms with Gasteiger partial charge in [-0.15, -0.1) is 5.10 Å². The van der Waals surface area contributed by atoms with E-state index in [-0.39, 0.29) is 17.8 Å². The van der Waals surface area contributed by atoms with Crippen LogP contribution in [0.2, 0.25) is 0 Å². The van der Waals surface area contributed by atoms with E-state index < -0.39 is 5.91 Å². The van der Waals surface area contributed by atoms with Gasteiger partial charge in [0, 0.05) is 13.2 Å². The molecule has 0 aromatic carbocycles. The van der Waals surface area contributed by atoms with Gasteiger partial charge in [-0.25, -0.2) is 4.98 Å². The van der Waals surface area contributed by atoms with Crippen molar-refractivity contribution in [3.05, 3.63) is 18.0 Å². The van der Waals surface area contributed by atoms with Gasteiger partial charge >= 0.3 is 6.01 Å². The van der Waals surface area contributed by atoms with Crippen molar-refractivity contribution < 1.29 is 19.0 Å². The van der Waals surface area contributed by atoms with Gasteiger partial charge in [0.05, 0.1) is 26.5 Å². The van der Waals surface area contributed by atoms with E-state index >= 15 is 0 Å². The van der Waals surface area contributed by atoms with Crippen LogP contribution in [0.5, 0.6) is 17.8 Å². The summed E-state index contributed by atoms with van der Waals surface area (Å²) < 4.78 is 17.2. The molecule has 1 amide bonds. The summed E-state index contributed by atoms with van der Waals surface area (Å²) >= 11 is 0. The summed E-state index contributed by atoms with van der Waals surface area (Å²) in [4.78, 5) is 20.5. The molecule has 124 valence electrons. The number of amides is 1. The number of nitrogens with zero attached hydrogens (tertiary/aromatic N) is 4. The number of hydrogen-bond acceptors (Lipinski definition) is 7. The first-order valence-corrected chi connectivity index (χ1v) is 7.10. The van der Waals surface area contributed by atoms with Gasteiger partial charge in [-0.1, -0.05) is 0 Å². The van der Waals surface area contributed by atoms with E-state index in [2.05, 4.69) is 20.4 Å². The molecule has 0 atom stereocenters. The van der Waals surface area contributed by atoms with E-state index in [0.717, 1.165) is 0 Å². The monoisotopic (exact) mass is 321 g/mol. The highest BCUT2D eigenvalue weighted by Crippen LogP contribution is 2.25. The van der Waals surface area contributed by atoms with Crippen LogP contribution >= 0.6 is 0 Å². The molecule has 0 radical (unpaired) electrons. The van der Waals surface area contributed by atoms with Crippen LogP contribution in [0.4, 0.5) is 5.69 Å². The third-order valence-corrected chi connectivity index (χ3v) is 2.77. The van der Waals surface area contributed by atoms with Gasteiger partial charge in [-0.3, -0.25) is 9.48 Å². The lowest BCUT2D eigenvalue weighted by Crippen LogP contribution is -2.14. The fourth-order valence-corrected chi connectivity index (χ4v) is 1.85. The highest BCUT2D eigenvalue weighted by atomic mass is 16.5. The van der Waals surface area contributed by atoms with Crippen molar-refractivity contribution in [3.8, 4) is 17.8 Å². The van der Waals surface area contributed by atoms with E-state index in [1.807, 2.05) is 13.8 Å². The molecule has 0 bridgehead atoms. The first-order valence-electron chi connectivity index (χ1n) is 7.10. The molecule has 0 aliphatic heterocycles. The van der Waals surface area contributed by atoms with Crippen LogP contribution in [-0.2, 0) is 7.05 Å². The fraction of sp³-hybridized carbons (Fsp3) is 0.429. The summed E-state index contributed by atoms with van der Waals surface area (Å²) in [7, 11) is 3.15. The molecular formula is C14H19N5O4. The number of anilines is 1.